The first-order chi connectivity index (χ1) is 13.1. The van der Waals surface area contributed by atoms with E-state index >= 15 is 0 Å². The molecule has 1 aliphatic rings. The van der Waals surface area contributed by atoms with Gasteiger partial charge < -0.3 is 15.4 Å². The lowest BCUT2D eigenvalue weighted by Crippen LogP contribution is -2.49. The van der Waals surface area contributed by atoms with E-state index in [0.29, 0.717) is 19.6 Å². The van der Waals surface area contributed by atoms with E-state index in [-0.39, 0.29) is 30.2 Å². The second-order valence-electron chi connectivity index (χ2n) is 6.00. The maximum Gasteiger partial charge on any atom is 0.318 e. The predicted octanol–water partition coefficient (Wildman–Crippen LogP) is -0.505. The van der Waals surface area contributed by atoms with Crippen LogP contribution in [0.4, 0.5) is 10.5 Å². The zero-order valence-corrected chi connectivity index (χ0v) is 16.0. The largest absolute Gasteiger partial charge is 0.490 e. The molecule has 1 heterocycles. The van der Waals surface area contributed by atoms with Crippen LogP contribution in [-0.4, -0.2) is 74.3 Å². The molecule has 2 rings (SSSR count). The van der Waals surface area contributed by atoms with E-state index in [0.717, 1.165) is 6.07 Å². The fraction of sp³-hybridized carbons (Fsp3) is 0.467. The van der Waals surface area contributed by atoms with Crippen molar-refractivity contribution in [3.8, 4) is 5.75 Å². The fourth-order valence-corrected chi connectivity index (χ4v) is 4.22. The number of benzene rings is 1. The van der Waals surface area contributed by atoms with Gasteiger partial charge in [-0.1, -0.05) is 0 Å². The molecule has 1 saturated heterocycles. The summed E-state index contributed by atoms with van der Waals surface area (Å²) in [4.78, 5) is 34.2. The van der Waals surface area contributed by atoms with Crippen LogP contribution in [0.2, 0.25) is 0 Å². The van der Waals surface area contributed by atoms with Crippen molar-refractivity contribution < 1.29 is 27.7 Å². The van der Waals surface area contributed by atoms with Crippen molar-refractivity contribution in [3.05, 3.63) is 28.3 Å². The molecule has 154 valence electrons. The van der Waals surface area contributed by atoms with Gasteiger partial charge in [0.1, 0.15) is 0 Å². The van der Waals surface area contributed by atoms with Crippen molar-refractivity contribution in [2.75, 3.05) is 39.8 Å². The number of primary amides is 1. The Hall–Kier alpha value is -2.77. The van der Waals surface area contributed by atoms with Gasteiger partial charge in [0.05, 0.1) is 16.9 Å². The van der Waals surface area contributed by atoms with E-state index in [1.807, 2.05) is 10.2 Å². The number of rotatable bonds is 7. The molecular formula is C15H21N5O7S. The summed E-state index contributed by atoms with van der Waals surface area (Å²) in [5.41, 5.74) is 4.44. The zero-order valence-electron chi connectivity index (χ0n) is 15.2. The van der Waals surface area contributed by atoms with Crippen LogP contribution in [0.15, 0.2) is 23.1 Å². The summed E-state index contributed by atoms with van der Waals surface area (Å²) in [7, 11) is -2.64. The molecule has 0 radical (unpaired) electrons. The molecule has 0 aliphatic carbocycles. The van der Waals surface area contributed by atoms with E-state index in [4.69, 9.17) is 10.5 Å². The molecule has 1 fully saturated rings. The number of ether oxygens (including phenoxy) is 1. The average Bonchev–Trinajstić information content (AvgIpc) is 2.65. The van der Waals surface area contributed by atoms with Crippen molar-refractivity contribution in [1.29, 1.82) is 0 Å². The number of nitro groups is 1. The molecule has 0 aromatic heterocycles. The van der Waals surface area contributed by atoms with Gasteiger partial charge in [-0.05, 0) is 12.1 Å². The Kier molecular flexibility index (Phi) is 6.88. The first-order valence-electron chi connectivity index (χ1n) is 8.29. The molecule has 1 aromatic rings. The van der Waals surface area contributed by atoms with Gasteiger partial charge in [0, 0.05) is 45.2 Å². The minimum Gasteiger partial charge on any atom is -0.490 e. The minimum absolute atomic E-state index is 0.0250. The highest BCUT2D eigenvalue weighted by molar-refractivity contribution is 7.89. The number of imide groups is 1. The van der Waals surface area contributed by atoms with Gasteiger partial charge in [0.2, 0.25) is 15.9 Å². The number of nitrogens with one attached hydrogen (secondary N) is 1. The van der Waals surface area contributed by atoms with E-state index in [9.17, 15) is 28.1 Å². The summed E-state index contributed by atoms with van der Waals surface area (Å²) in [6.07, 6.45) is 0.0559. The molecule has 0 atom stereocenters. The normalized spacial score (nSPS) is 15.8. The van der Waals surface area contributed by atoms with Gasteiger partial charge >= 0.3 is 11.7 Å². The molecule has 12 nitrogen and oxygen atoms in total. The second kappa shape index (κ2) is 8.95. The Bertz CT molecular complexity index is 866. The van der Waals surface area contributed by atoms with Crippen molar-refractivity contribution in [2.45, 2.75) is 11.3 Å². The molecule has 28 heavy (non-hydrogen) atoms. The molecule has 3 amide bonds. The summed E-state index contributed by atoms with van der Waals surface area (Å²) in [6, 6.07) is 2.57. The lowest BCUT2D eigenvalue weighted by atomic mass is 10.3. The van der Waals surface area contributed by atoms with Crippen molar-refractivity contribution in [1.82, 2.24) is 14.5 Å². The number of amides is 3. The van der Waals surface area contributed by atoms with Crippen LogP contribution in [0.3, 0.4) is 0 Å². The van der Waals surface area contributed by atoms with E-state index in [2.05, 4.69) is 0 Å². The van der Waals surface area contributed by atoms with Crippen LogP contribution >= 0.6 is 0 Å². The maximum atomic E-state index is 12.8. The topological polar surface area (TPSA) is 165 Å². The lowest BCUT2D eigenvalue weighted by Gasteiger charge is -2.33. The number of nitro benzene ring substituents is 1. The molecule has 0 unspecified atom stereocenters. The Morgan fingerprint density at radius 3 is 2.46 bits per heavy atom. The van der Waals surface area contributed by atoms with Gasteiger partial charge in [0.15, 0.2) is 5.75 Å². The van der Waals surface area contributed by atoms with Crippen LogP contribution < -0.4 is 15.8 Å². The molecule has 0 bridgehead atoms. The molecule has 13 heteroatoms. The van der Waals surface area contributed by atoms with Gasteiger partial charge in [-0.15, -0.1) is 0 Å². The molecule has 1 aromatic carbocycles. The maximum absolute atomic E-state index is 12.8. The fourth-order valence-electron chi connectivity index (χ4n) is 2.78. The number of nitrogens with two attached hydrogens (primary N) is 1. The highest BCUT2D eigenvalue weighted by Crippen LogP contribution is 2.30. The van der Waals surface area contributed by atoms with Crippen LogP contribution in [-0.2, 0) is 14.8 Å². The van der Waals surface area contributed by atoms with Gasteiger partial charge in [-0.25, -0.2) is 13.2 Å². The minimum atomic E-state index is -3.91. The first-order valence-corrected chi connectivity index (χ1v) is 9.73. The Morgan fingerprint density at radius 2 is 1.93 bits per heavy atom. The lowest BCUT2D eigenvalue weighted by molar-refractivity contribution is -0.386. The molecule has 0 spiro atoms. The number of carbonyl (C=O) groups is 2. The third-order valence-corrected chi connectivity index (χ3v) is 6.13. The van der Waals surface area contributed by atoms with Crippen LogP contribution in [0.1, 0.15) is 6.42 Å². The van der Waals surface area contributed by atoms with Gasteiger partial charge in [-0.3, -0.25) is 20.2 Å². The van der Waals surface area contributed by atoms with Gasteiger partial charge in [0.25, 0.3) is 0 Å². The van der Waals surface area contributed by atoms with Crippen LogP contribution in [0.25, 0.3) is 0 Å². The zero-order chi connectivity index (χ0) is 20.9. The summed E-state index contributed by atoms with van der Waals surface area (Å²) in [5, 5.41) is 13.1. The van der Waals surface area contributed by atoms with Crippen molar-refractivity contribution >= 4 is 27.6 Å². The summed E-state index contributed by atoms with van der Waals surface area (Å²) in [6.45, 7) is 1.43. The molecule has 1 aliphatic heterocycles. The number of methoxy groups -OCH3 is 1. The summed E-state index contributed by atoms with van der Waals surface area (Å²) >= 11 is 0. The predicted molar refractivity (Wildman–Crippen MR) is 97.2 cm³/mol. The smallest absolute Gasteiger partial charge is 0.318 e. The summed E-state index contributed by atoms with van der Waals surface area (Å²) in [5.74, 6) is -0.531. The Balaban J connectivity index is 2.01. The van der Waals surface area contributed by atoms with Crippen LogP contribution in [0, 0.1) is 10.1 Å². The Labute approximate surface area is 161 Å². The SMILES string of the molecule is COc1ccc(S(=O)(=O)N2CCN(CCC(=O)NC(N)=O)CC2)cc1[N+](=O)[O-]. The number of sulfonamides is 1. The molecule has 0 saturated carbocycles. The number of carbonyl (C=O) groups excluding carboxylic acids is 2. The summed E-state index contributed by atoms with van der Waals surface area (Å²) < 4.78 is 31.7. The third-order valence-electron chi connectivity index (χ3n) is 4.23. The highest BCUT2D eigenvalue weighted by Gasteiger charge is 2.30. The first kappa shape index (κ1) is 21.5. The standard InChI is InChI=1S/C15H21N5O7S/c1-27-13-3-2-11(10-12(13)20(23)24)28(25,26)19-8-6-18(7-9-19)5-4-14(21)17-15(16)22/h2-3,10H,4-9H2,1H3,(H3,16,17,21,22). The van der Waals surface area contributed by atoms with E-state index < -0.39 is 32.6 Å². The number of hydrogen-bond acceptors (Lipinski definition) is 8. The third kappa shape index (κ3) is 5.15. The Morgan fingerprint density at radius 1 is 1.29 bits per heavy atom. The van der Waals surface area contributed by atoms with Gasteiger partial charge in [-0.2, -0.15) is 4.31 Å². The average molecular weight is 415 g/mol. The highest BCUT2D eigenvalue weighted by atomic mass is 32.2. The number of hydrogen-bond donors (Lipinski definition) is 2. The number of piperazine rings is 1. The second-order valence-corrected chi connectivity index (χ2v) is 7.94. The van der Waals surface area contributed by atoms with E-state index in [1.54, 1.807) is 0 Å². The quantitative estimate of drug-likeness (QED) is 0.444. The van der Waals surface area contributed by atoms with Crippen LogP contribution in [0.5, 0.6) is 5.75 Å². The van der Waals surface area contributed by atoms with E-state index in [1.165, 1.54) is 23.5 Å². The molecular weight excluding hydrogens is 394 g/mol. The number of urea groups is 1. The van der Waals surface area contributed by atoms with Crippen molar-refractivity contribution in [3.63, 3.8) is 0 Å². The van der Waals surface area contributed by atoms with Crippen molar-refractivity contribution in [2.24, 2.45) is 5.73 Å². The number of nitrogens with zero attached hydrogens (tertiary/aromatic N) is 3. The molecule has 3 N–H and O–H groups in total. The monoisotopic (exact) mass is 415 g/mol.